The van der Waals surface area contributed by atoms with Crippen LogP contribution in [-0.2, 0) is 11.3 Å². The maximum absolute atomic E-state index is 11.8. The second-order valence-corrected chi connectivity index (χ2v) is 5.98. The van der Waals surface area contributed by atoms with Gasteiger partial charge >= 0.3 is 0 Å². The Balaban J connectivity index is 1.70. The van der Waals surface area contributed by atoms with E-state index in [1.54, 1.807) is 6.20 Å². The third kappa shape index (κ3) is 3.42. The fourth-order valence-electron chi connectivity index (χ4n) is 2.46. The Labute approximate surface area is 132 Å². The lowest BCUT2D eigenvalue weighted by Crippen LogP contribution is -2.23. The first-order valence-electron chi connectivity index (χ1n) is 6.96. The van der Waals surface area contributed by atoms with Crippen LogP contribution in [0.3, 0.4) is 0 Å². The molecule has 3 rings (SSSR count). The van der Waals surface area contributed by atoms with Crippen LogP contribution < -0.4 is 10.2 Å². The Morgan fingerprint density at radius 3 is 2.95 bits per heavy atom. The van der Waals surface area contributed by atoms with E-state index >= 15 is 0 Å². The fraction of sp³-hybridized carbons (Fsp3) is 0.250. The van der Waals surface area contributed by atoms with Crippen LogP contribution in [0.25, 0.3) is 0 Å². The van der Waals surface area contributed by atoms with Crippen molar-refractivity contribution in [3.63, 3.8) is 0 Å². The summed E-state index contributed by atoms with van der Waals surface area (Å²) in [6, 6.07) is 10.0. The lowest BCUT2D eigenvalue weighted by Gasteiger charge is -2.17. The van der Waals surface area contributed by atoms with Crippen LogP contribution in [0.4, 0.5) is 11.4 Å². The molecule has 21 heavy (non-hydrogen) atoms. The number of hydrogen-bond donors (Lipinski definition) is 1. The van der Waals surface area contributed by atoms with Gasteiger partial charge in [-0.05, 0) is 52.2 Å². The summed E-state index contributed by atoms with van der Waals surface area (Å²) in [6.07, 6.45) is 5.20. The van der Waals surface area contributed by atoms with Crippen molar-refractivity contribution >= 4 is 33.2 Å². The third-order valence-corrected chi connectivity index (χ3v) is 3.92. The molecule has 108 valence electrons. The summed E-state index contributed by atoms with van der Waals surface area (Å²) in [5.74, 6) is 0.211. The van der Waals surface area contributed by atoms with E-state index in [2.05, 4.69) is 26.2 Å². The standard InChI is InChI=1S/C16H16BrN3O/c17-13-7-12(9-18-11-13)10-19-14-3-1-4-15(8-14)20-6-2-5-16(20)21/h1,3-4,7-9,11,19H,2,5-6,10H2. The van der Waals surface area contributed by atoms with Crippen molar-refractivity contribution in [1.82, 2.24) is 4.98 Å². The minimum Gasteiger partial charge on any atom is -0.381 e. The molecule has 1 fully saturated rings. The second kappa shape index (κ2) is 6.26. The summed E-state index contributed by atoms with van der Waals surface area (Å²) in [5, 5.41) is 3.37. The molecule has 0 spiro atoms. The van der Waals surface area contributed by atoms with E-state index in [0.717, 1.165) is 34.4 Å². The normalized spacial score (nSPS) is 14.5. The average molecular weight is 346 g/mol. The molecule has 1 N–H and O–H groups in total. The molecule has 0 aliphatic carbocycles. The van der Waals surface area contributed by atoms with Gasteiger partial charge in [0.25, 0.3) is 0 Å². The highest BCUT2D eigenvalue weighted by atomic mass is 79.9. The zero-order chi connectivity index (χ0) is 14.7. The Morgan fingerprint density at radius 2 is 2.19 bits per heavy atom. The summed E-state index contributed by atoms with van der Waals surface area (Å²) in [4.78, 5) is 17.8. The van der Waals surface area contributed by atoms with Crippen LogP contribution in [0.2, 0.25) is 0 Å². The molecule has 0 bridgehead atoms. The fourth-order valence-corrected chi connectivity index (χ4v) is 2.87. The molecule has 0 saturated carbocycles. The Morgan fingerprint density at radius 1 is 1.29 bits per heavy atom. The zero-order valence-electron chi connectivity index (χ0n) is 11.6. The van der Waals surface area contributed by atoms with Crippen molar-refractivity contribution in [2.45, 2.75) is 19.4 Å². The molecule has 1 saturated heterocycles. The largest absolute Gasteiger partial charge is 0.381 e. The summed E-state index contributed by atoms with van der Waals surface area (Å²) >= 11 is 3.42. The van der Waals surface area contributed by atoms with Gasteiger partial charge in [-0.25, -0.2) is 0 Å². The van der Waals surface area contributed by atoms with Crippen LogP contribution in [0.1, 0.15) is 18.4 Å². The number of nitrogens with one attached hydrogen (secondary N) is 1. The molecule has 0 unspecified atom stereocenters. The summed E-state index contributed by atoms with van der Waals surface area (Å²) in [6.45, 7) is 1.52. The van der Waals surface area contributed by atoms with Gasteiger partial charge in [-0.1, -0.05) is 6.07 Å². The van der Waals surface area contributed by atoms with E-state index in [1.807, 2.05) is 41.4 Å². The molecule has 2 aromatic rings. The van der Waals surface area contributed by atoms with Gasteiger partial charge in [0.15, 0.2) is 0 Å². The van der Waals surface area contributed by atoms with Gasteiger partial charge in [0, 0.05) is 47.8 Å². The molecule has 1 aromatic heterocycles. The van der Waals surface area contributed by atoms with Crippen molar-refractivity contribution in [2.75, 3.05) is 16.8 Å². The molecule has 1 aliphatic heterocycles. The van der Waals surface area contributed by atoms with Gasteiger partial charge in [-0.3, -0.25) is 9.78 Å². The number of carbonyl (C=O) groups is 1. The summed E-state index contributed by atoms with van der Waals surface area (Å²) < 4.78 is 0.971. The lowest BCUT2D eigenvalue weighted by atomic mass is 10.2. The van der Waals surface area contributed by atoms with Gasteiger partial charge in [0.1, 0.15) is 0 Å². The first-order valence-corrected chi connectivity index (χ1v) is 7.75. The molecule has 1 aliphatic rings. The molecule has 1 amide bonds. The molecule has 0 atom stereocenters. The number of anilines is 2. The maximum Gasteiger partial charge on any atom is 0.227 e. The summed E-state index contributed by atoms with van der Waals surface area (Å²) in [7, 11) is 0. The average Bonchev–Trinajstić information content (AvgIpc) is 2.92. The topological polar surface area (TPSA) is 45.2 Å². The molecular weight excluding hydrogens is 330 g/mol. The number of hydrogen-bond acceptors (Lipinski definition) is 3. The van der Waals surface area contributed by atoms with Crippen molar-refractivity contribution in [3.8, 4) is 0 Å². The minimum atomic E-state index is 0.211. The molecule has 4 nitrogen and oxygen atoms in total. The van der Waals surface area contributed by atoms with Crippen LogP contribution >= 0.6 is 15.9 Å². The minimum absolute atomic E-state index is 0.211. The highest BCUT2D eigenvalue weighted by molar-refractivity contribution is 9.10. The number of rotatable bonds is 4. The maximum atomic E-state index is 11.8. The molecule has 0 radical (unpaired) electrons. The predicted molar refractivity (Wildman–Crippen MR) is 87.3 cm³/mol. The predicted octanol–water partition coefficient (Wildman–Crippen LogP) is 3.58. The number of benzene rings is 1. The third-order valence-electron chi connectivity index (χ3n) is 3.49. The quantitative estimate of drug-likeness (QED) is 0.920. The number of aromatic nitrogens is 1. The van der Waals surface area contributed by atoms with Crippen molar-refractivity contribution < 1.29 is 4.79 Å². The highest BCUT2D eigenvalue weighted by Gasteiger charge is 2.21. The molecular formula is C16H16BrN3O. The van der Waals surface area contributed by atoms with Gasteiger partial charge in [0.2, 0.25) is 5.91 Å². The molecule has 2 heterocycles. The number of amides is 1. The second-order valence-electron chi connectivity index (χ2n) is 5.06. The Kier molecular flexibility index (Phi) is 4.20. The Bertz CT molecular complexity index is 659. The van der Waals surface area contributed by atoms with E-state index in [1.165, 1.54) is 0 Å². The molecule has 5 heteroatoms. The van der Waals surface area contributed by atoms with E-state index in [9.17, 15) is 4.79 Å². The van der Waals surface area contributed by atoms with Gasteiger partial charge < -0.3 is 10.2 Å². The Hall–Kier alpha value is -1.88. The van der Waals surface area contributed by atoms with Gasteiger partial charge in [-0.15, -0.1) is 0 Å². The van der Waals surface area contributed by atoms with Crippen LogP contribution in [0, 0.1) is 0 Å². The highest BCUT2D eigenvalue weighted by Crippen LogP contribution is 2.24. The molecule has 1 aromatic carbocycles. The monoisotopic (exact) mass is 345 g/mol. The first-order chi connectivity index (χ1) is 10.2. The van der Waals surface area contributed by atoms with Gasteiger partial charge in [0.05, 0.1) is 0 Å². The van der Waals surface area contributed by atoms with E-state index < -0.39 is 0 Å². The van der Waals surface area contributed by atoms with Crippen LogP contribution in [-0.4, -0.2) is 17.4 Å². The number of carbonyl (C=O) groups excluding carboxylic acids is 1. The first kappa shape index (κ1) is 14.1. The van der Waals surface area contributed by atoms with Crippen molar-refractivity contribution in [2.24, 2.45) is 0 Å². The van der Waals surface area contributed by atoms with E-state index in [4.69, 9.17) is 0 Å². The SMILES string of the molecule is O=C1CCCN1c1cccc(NCc2cncc(Br)c2)c1. The smallest absolute Gasteiger partial charge is 0.227 e. The number of pyridine rings is 1. The van der Waals surface area contributed by atoms with Crippen molar-refractivity contribution in [3.05, 3.63) is 52.8 Å². The van der Waals surface area contributed by atoms with Crippen LogP contribution in [0.15, 0.2) is 47.2 Å². The van der Waals surface area contributed by atoms with Crippen molar-refractivity contribution in [1.29, 1.82) is 0 Å². The lowest BCUT2D eigenvalue weighted by molar-refractivity contribution is -0.117. The van der Waals surface area contributed by atoms with E-state index in [-0.39, 0.29) is 5.91 Å². The number of nitrogens with zero attached hydrogens (tertiary/aromatic N) is 2. The zero-order valence-corrected chi connectivity index (χ0v) is 13.1. The van der Waals surface area contributed by atoms with Crippen LogP contribution in [0.5, 0.6) is 0 Å². The van der Waals surface area contributed by atoms with Gasteiger partial charge in [-0.2, -0.15) is 0 Å². The number of halogens is 1. The summed E-state index contributed by atoms with van der Waals surface area (Å²) in [5.41, 5.74) is 3.08. The van der Waals surface area contributed by atoms with E-state index in [0.29, 0.717) is 13.0 Å².